The first kappa shape index (κ1) is 13.9. The second kappa shape index (κ2) is 5.83. The zero-order valence-corrected chi connectivity index (χ0v) is 12.9. The van der Waals surface area contributed by atoms with Crippen LogP contribution in [0.2, 0.25) is 0 Å². The predicted molar refractivity (Wildman–Crippen MR) is 89.9 cm³/mol. The van der Waals surface area contributed by atoms with Crippen LogP contribution in [0.5, 0.6) is 0 Å². The maximum Gasteiger partial charge on any atom is 0.170 e. The van der Waals surface area contributed by atoms with Crippen molar-refractivity contribution in [3.8, 4) is 11.3 Å². The first-order valence-electron chi connectivity index (χ1n) is 8.01. The molecule has 0 N–H and O–H groups in total. The summed E-state index contributed by atoms with van der Waals surface area (Å²) in [5.74, 6) is 1.02. The summed E-state index contributed by atoms with van der Waals surface area (Å²) >= 11 is 0. The van der Waals surface area contributed by atoms with Gasteiger partial charge < -0.3 is 4.90 Å². The highest BCUT2D eigenvalue weighted by atomic mass is 16.1. The number of nitrogens with zero attached hydrogens (tertiary/aromatic N) is 4. The minimum Gasteiger partial charge on any atom is -0.356 e. The number of anilines is 1. The quantitative estimate of drug-likeness (QED) is 0.697. The van der Waals surface area contributed by atoms with Crippen LogP contribution >= 0.6 is 0 Å². The summed E-state index contributed by atoms with van der Waals surface area (Å²) in [7, 11) is 0. The highest BCUT2D eigenvalue weighted by Crippen LogP contribution is 2.26. The summed E-state index contributed by atoms with van der Waals surface area (Å²) in [6.07, 6.45) is 4.42. The van der Waals surface area contributed by atoms with Gasteiger partial charge in [0.2, 0.25) is 0 Å². The van der Waals surface area contributed by atoms with Crippen molar-refractivity contribution >= 4 is 17.8 Å². The van der Waals surface area contributed by atoms with Crippen LogP contribution in [0.3, 0.4) is 0 Å². The molecule has 4 rings (SSSR count). The summed E-state index contributed by atoms with van der Waals surface area (Å²) in [6.45, 7) is 2.03. The molecule has 1 aromatic carbocycles. The van der Waals surface area contributed by atoms with E-state index in [4.69, 9.17) is 0 Å². The van der Waals surface area contributed by atoms with Crippen LogP contribution in [0, 0.1) is 0 Å². The molecular formula is C18H18N4O. The zero-order chi connectivity index (χ0) is 15.6. The third-order valence-corrected chi connectivity index (χ3v) is 4.30. The molecule has 0 saturated carbocycles. The molecule has 1 saturated heterocycles. The molecular weight excluding hydrogens is 288 g/mol. The molecule has 3 aromatic rings. The Hall–Kier alpha value is -2.69. The Labute approximate surface area is 134 Å². The molecule has 23 heavy (non-hydrogen) atoms. The molecule has 5 heteroatoms. The van der Waals surface area contributed by atoms with Crippen molar-refractivity contribution in [2.75, 3.05) is 18.0 Å². The normalized spacial score (nSPS) is 15.0. The lowest BCUT2D eigenvalue weighted by Gasteiger charge is -2.29. The van der Waals surface area contributed by atoms with Gasteiger partial charge in [0.25, 0.3) is 0 Å². The van der Waals surface area contributed by atoms with Crippen molar-refractivity contribution in [1.82, 2.24) is 14.6 Å². The second-order valence-electron chi connectivity index (χ2n) is 5.87. The SMILES string of the molecule is O=Cc1cc2nc(-c3ccccc3)cc(N3CCCCC3)n2n1. The lowest BCUT2D eigenvalue weighted by molar-refractivity contribution is 0.111. The Morgan fingerprint density at radius 3 is 2.52 bits per heavy atom. The maximum absolute atomic E-state index is 11.1. The van der Waals surface area contributed by atoms with Crippen LogP contribution in [0.15, 0.2) is 42.5 Å². The number of carbonyl (C=O) groups excluding carboxylic acids is 1. The minimum absolute atomic E-state index is 0.418. The number of carbonyl (C=O) groups is 1. The molecule has 0 radical (unpaired) electrons. The van der Waals surface area contributed by atoms with Gasteiger partial charge in [-0.2, -0.15) is 9.61 Å². The van der Waals surface area contributed by atoms with E-state index in [2.05, 4.69) is 33.2 Å². The second-order valence-corrected chi connectivity index (χ2v) is 5.87. The van der Waals surface area contributed by atoms with Gasteiger partial charge in [0.15, 0.2) is 11.9 Å². The number of benzene rings is 1. The molecule has 0 atom stereocenters. The van der Waals surface area contributed by atoms with Crippen LogP contribution in [0.1, 0.15) is 29.8 Å². The first-order chi connectivity index (χ1) is 11.3. The van der Waals surface area contributed by atoms with Gasteiger partial charge in [-0.15, -0.1) is 0 Å². The molecule has 0 aliphatic carbocycles. The molecule has 0 bridgehead atoms. The van der Waals surface area contributed by atoms with E-state index in [-0.39, 0.29) is 0 Å². The van der Waals surface area contributed by atoms with E-state index in [0.717, 1.165) is 36.5 Å². The Bertz CT molecular complexity index is 835. The van der Waals surface area contributed by atoms with Gasteiger partial charge in [-0.1, -0.05) is 30.3 Å². The number of aldehydes is 1. The average molecular weight is 306 g/mol. The number of aromatic nitrogens is 3. The highest BCUT2D eigenvalue weighted by molar-refractivity contribution is 5.76. The van der Waals surface area contributed by atoms with E-state index in [1.807, 2.05) is 18.2 Å². The molecule has 0 amide bonds. The minimum atomic E-state index is 0.418. The van der Waals surface area contributed by atoms with E-state index in [1.54, 1.807) is 10.6 Å². The van der Waals surface area contributed by atoms with Crippen LogP contribution in [-0.4, -0.2) is 34.0 Å². The molecule has 116 valence electrons. The van der Waals surface area contributed by atoms with Crippen LogP contribution < -0.4 is 4.90 Å². The summed E-state index contributed by atoms with van der Waals surface area (Å²) in [5.41, 5.74) is 3.12. The van der Waals surface area contributed by atoms with Crippen molar-refractivity contribution in [3.63, 3.8) is 0 Å². The average Bonchev–Trinajstić information content (AvgIpc) is 3.05. The fourth-order valence-electron chi connectivity index (χ4n) is 3.14. The van der Waals surface area contributed by atoms with E-state index in [1.165, 1.54) is 19.3 Å². The van der Waals surface area contributed by atoms with Crippen LogP contribution in [0.4, 0.5) is 5.82 Å². The maximum atomic E-state index is 11.1. The Balaban J connectivity index is 1.90. The van der Waals surface area contributed by atoms with E-state index >= 15 is 0 Å². The predicted octanol–water partition coefficient (Wildman–Crippen LogP) is 3.20. The van der Waals surface area contributed by atoms with Gasteiger partial charge in [-0.05, 0) is 19.3 Å². The van der Waals surface area contributed by atoms with Crippen molar-refractivity contribution < 1.29 is 4.79 Å². The lowest BCUT2D eigenvalue weighted by atomic mass is 10.1. The van der Waals surface area contributed by atoms with E-state index < -0.39 is 0 Å². The molecule has 1 aliphatic rings. The van der Waals surface area contributed by atoms with E-state index in [9.17, 15) is 4.79 Å². The number of fused-ring (bicyclic) bond motifs is 1. The molecule has 0 spiro atoms. The molecule has 1 fully saturated rings. The van der Waals surface area contributed by atoms with Crippen molar-refractivity contribution in [2.24, 2.45) is 0 Å². The molecule has 1 aliphatic heterocycles. The fourth-order valence-corrected chi connectivity index (χ4v) is 3.14. The number of piperidine rings is 1. The molecule has 0 unspecified atom stereocenters. The van der Waals surface area contributed by atoms with Gasteiger partial charge in [-0.3, -0.25) is 4.79 Å². The fraction of sp³-hybridized carbons (Fsp3) is 0.278. The van der Waals surface area contributed by atoms with Crippen LogP contribution in [0.25, 0.3) is 16.9 Å². The van der Waals surface area contributed by atoms with E-state index in [0.29, 0.717) is 11.3 Å². The molecule has 3 heterocycles. The molecule has 2 aromatic heterocycles. The third-order valence-electron chi connectivity index (χ3n) is 4.30. The third kappa shape index (κ3) is 2.59. The largest absolute Gasteiger partial charge is 0.356 e. The zero-order valence-electron chi connectivity index (χ0n) is 12.9. The van der Waals surface area contributed by atoms with Crippen molar-refractivity contribution in [1.29, 1.82) is 0 Å². The highest BCUT2D eigenvalue weighted by Gasteiger charge is 2.17. The summed E-state index contributed by atoms with van der Waals surface area (Å²) in [5, 5.41) is 4.39. The monoisotopic (exact) mass is 306 g/mol. The Kier molecular flexibility index (Phi) is 3.54. The van der Waals surface area contributed by atoms with Crippen molar-refractivity contribution in [3.05, 3.63) is 48.2 Å². The van der Waals surface area contributed by atoms with Crippen LogP contribution in [-0.2, 0) is 0 Å². The van der Waals surface area contributed by atoms with Gasteiger partial charge in [0, 0.05) is 30.8 Å². The number of rotatable bonds is 3. The molecule has 5 nitrogen and oxygen atoms in total. The van der Waals surface area contributed by atoms with Gasteiger partial charge in [-0.25, -0.2) is 4.98 Å². The number of hydrogen-bond donors (Lipinski definition) is 0. The summed E-state index contributed by atoms with van der Waals surface area (Å²) < 4.78 is 1.79. The smallest absolute Gasteiger partial charge is 0.170 e. The van der Waals surface area contributed by atoms with Gasteiger partial charge >= 0.3 is 0 Å². The Morgan fingerprint density at radius 2 is 1.78 bits per heavy atom. The lowest BCUT2D eigenvalue weighted by Crippen LogP contribution is -2.31. The van der Waals surface area contributed by atoms with Crippen molar-refractivity contribution in [2.45, 2.75) is 19.3 Å². The number of hydrogen-bond acceptors (Lipinski definition) is 4. The standard InChI is InChI=1S/C18H18N4O/c23-13-15-11-17-19-16(14-7-3-1-4-8-14)12-18(22(17)20-15)21-9-5-2-6-10-21/h1,3-4,7-8,11-13H,2,5-6,9-10H2. The first-order valence-corrected chi connectivity index (χ1v) is 8.01. The topological polar surface area (TPSA) is 50.5 Å². The summed E-state index contributed by atoms with van der Waals surface area (Å²) in [6, 6.07) is 13.9. The van der Waals surface area contributed by atoms with Gasteiger partial charge in [0.1, 0.15) is 11.5 Å². The van der Waals surface area contributed by atoms with Gasteiger partial charge in [0.05, 0.1) is 5.69 Å². The summed E-state index contributed by atoms with van der Waals surface area (Å²) in [4.78, 5) is 18.1. The Morgan fingerprint density at radius 1 is 1.00 bits per heavy atom.